The van der Waals surface area contributed by atoms with Gasteiger partial charge in [0, 0.05) is 26.2 Å². The summed E-state index contributed by atoms with van der Waals surface area (Å²) in [5.74, 6) is 1.55. The Balaban J connectivity index is 3.65. The van der Waals surface area contributed by atoms with Crippen molar-refractivity contribution < 1.29 is 0 Å². The van der Waals surface area contributed by atoms with Crippen LogP contribution < -0.4 is 5.32 Å². The van der Waals surface area contributed by atoms with Crippen molar-refractivity contribution in [2.75, 3.05) is 32.7 Å². The van der Waals surface area contributed by atoms with Crippen molar-refractivity contribution in [2.24, 2.45) is 11.8 Å². The van der Waals surface area contributed by atoms with Crippen LogP contribution >= 0.6 is 0 Å². The molecule has 0 aromatic rings. The smallest absolute Gasteiger partial charge is 0.0107 e. The summed E-state index contributed by atoms with van der Waals surface area (Å²) >= 11 is 0. The molecular weight excluding hydrogens is 196 g/mol. The van der Waals surface area contributed by atoms with Crippen LogP contribution in [0.4, 0.5) is 0 Å². The van der Waals surface area contributed by atoms with Gasteiger partial charge in [0.15, 0.2) is 0 Å². The van der Waals surface area contributed by atoms with Gasteiger partial charge < -0.3 is 10.2 Å². The van der Waals surface area contributed by atoms with E-state index in [4.69, 9.17) is 0 Å². The molecule has 0 radical (unpaired) electrons. The molecule has 0 aliphatic carbocycles. The maximum atomic E-state index is 3.52. The quantitative estimate of drug-likeness (QED) is 0.578. The molecule has 1 N–H and O–H groups in total. The first-order valence-electron chi connectivity index (χ1n) is 6.99. The van der Waals surface area contributed by atoms with E-state index in [1.54, 1.807) is 0 Å². The predicted octanol–water partition coefficient (Wildman–Crippen LogP) is 2.99. The van der Waals surface area contributed by atoms with E-state index >= 15 is 0 Å². The molecule has 0 spiro atoms. The highest BCUT2D eigenvalue weighted by Gasteiger charge is 2.08. The number of rotatable bonds is 10. The van der Waals surface area contributed by atoms with Gasteiger partial charge in [0.1, 0.15) is 0 Å². The van der Waals surface area contributed by atoms with Gasteiger partial charge in [-0.3, -0.25) is 0 Å². The summed E-state index contributed by atoms with van der Waals surface area (Å²) in [5.41, 5.74) is 0. The third-order valence-electron chi connectivity index (χ3n) is 2.56. The number of nitrogens with zero attached hydrogens (tertiary/aromatic N) is 1. The Morgan fingerprint density at radius 3 is 1.94 bits per heavy atom. The lowest BCUT2D eigenvalue weighted by Gasteiger charge is -2.26. The molecule has 0 atom stereocenters. The Hall–Kier alpha value is -0.0800. The maximum Gasteiger partial charge on any atom is 0.0107 e. The molecule has 0 bridgehead atoms. The van der Waals surface area contributed by atoms with Crippen LogP contribution in [0.2, 0.25) is 0 Å². The molecule has 0 aromatic carbocycles. The Morgan fingerprint density at radius 2 is 1.50 bits per heavy atom. The van der Waals surface area contributed by atoms with Gasteiger partial charge >= 0.3 is 0 Å². The molecule has 0 fully saturated rings. The van der Waals surface area contributed by atoms with E-state index in [0.29, 0.717) is 0 Å². The van der Waals surface area contributed by atoms with Crippen molar-refractivity contribution in [2.45, 2.75) is 47.5 Å². The fraction of sp³-hybridized carbons (Fsp3) is 1.00. The van der Waals surface area contributed by atoms with Crippen LogP contribution in [0.3, 0.4) is 0 Å². The third kappa shape index (κ3) is 10.4. The number of hydrogen-bond acceptors (Lipinski definition) is 2. The number of hydrogen-bond donors (Lipinski definition) is 1. The number of unbranched alkanes of at least 4 members (excludes halogenated alkanes) is 1. The van der Waals surface area contributed by atoms with Crippen molar-refractivity contribution >= 4 is 0 Å². The molecule has 0 amide bonds. The van der Waals surface area contributed by atoms with E-state index in [2.05, 4.69) is 44.8 Å². The van der Waals surface area contributed by atoms with E-state index in [-0.39, 0.29) is 0 Å². The summed E-state index contributed by atoms with van der Waals surface area (Å²) in [6.07, 6.45) is 2.59. The minimum atomic E-state index is 0.773. The largest absolute Gasteiger partial charge is 0.315 e. The topological polar surface area (TPSA) is 15.3 Å². The highest BCUT2D eigenvalue weighted by atomic mass is 15.1. The molecule has 2 heteroatoms. The predicted molar refractivity (Wildman–Crippen MR) is 73.9 cm³/mol. The molecule has 0 saturated heterocycles. The third-order valence-corrected chi connectivity index (χ3v) is 2.56. The van der Waals surface area contributed by atoms with E-state index in [1.807, 2.05) is 0 Å². The highest BCUT2D eigenvalue weighted by Crippen LogP contribution is 2.02. The van der Waals surface area contributed by atoms with Gasteiger partial charge in [0.05, 0.1) is 0 Å². The van der Waals surface area contributed by atoms with Gasteiger partial charge in [-0.2, -0.15) is 0 Å². The van der Waals surface area contributed by atoms with Crippen LogP contribution in [0.15, 0.2) is 0 Å². The van der Waals surface area contributed by atoms with Crippen LogP contribution in [-0.4, -0.2) is 37.6 Å². The lowest BCUT2D eigenvalue weighted by molar-refractivity contribution is 0.220. The van der Waals surface area contributed by atoms with Crippen molar-refractivity contribution in [3.05, 3.63) is 0 Å². The highest BCUT2D eigenvalue weighted by molar-refractivity contribution is 4.64. The average molecular weight is 228 g/mol. The Labute approximate surface area is 103 Å². The van der Waals surface area contributed by atoms with Gasteiger partial charge in [0.25, 0.3) is 0 Å². The molecule has 98 valence electrons. The molecule has 0 heterocycles. The SMILES string of the molecule is CCCCNCCN(CC(C)C)CC(C)C. The molecule has 0 rings (SSSR count). The van der Waals surface area contributed by atoms with Gasteiger partial charge in [-0.1, -0.05) is 41.0 Å². The average Bonchev–Trinajstić information content (AvgIpc) is 2.15. The lowest BCUT2D eigenvalue weighted by Crippen LogP contribution is -2.37. The molecule has 0 aliphatic heterocycles. The Morgan fingerprint density at radius 1 is 0.938 bits per heavy atom. The summed E-state index contributed by atoms with van der Waals surface area (Å²) in [4.78, 5) is 2.59. The van der Waals surface area contributed by atoms with Crippen molar-refractivity contribution in [1.29, 1.82) is 0 Å². The van der Waals surface area contributed by atoms with Gasteiger partial charge in [0.2, 0.25) is 0 Å². The Kier molecular flexibility index (Phi) is 10.0. The Bertz CT molecular complexity index is 134. The molecule has 0 saturated carbocycles. The van der Waals surface area contributed by atoms with E-state index in [0.717, 1.165) is 18.4 Å². The summed E-state index contributed by atoms with van der Waals surface area (Å²) in [6, 6.07) is 0. The second-order valence-electron chi connectivity index (χ2n) is 5.65. The van der Waals surface area contributed by atoms with Crippen LogP contribution in [0.25, 0.3) is 0 Å². The number of nitrogens with one attached hydrogen (secondary N) is 1. The maximum absolute atomic E-state index is 3.52. The van der Waals surface area contributed by atoms with Crippen molar-refractivity contribution in [3.63, 3.8) is 0 Å². The lowest BCUT2D eigenvalue weighted by atomic mass is 10.1. The molecule has 0 aliphatic rings. The molecule has 0 aromatic heterocycles. The minimum Gasteiger partial charge on any atom is -0.315 e. The fourth-order valence-corrected chi connectivity index (χ4v) is 1.95. The molecule has 16 heavy (non-hydrogen) atoms. The van der Waals surface area contributed by atoms with E-state index < -0.39 is 0 Å². The monoisotopic (exact) mass is 228 g/mol. The zero-order valence-electron chi connectivity index (χ0n) is 12.1. The summed E-state index contributed by atoms with van der Waals surface area (Å²) < 4.78 is 0. The standard InChI is InChI=1S/C14H32N2/c1-6-7-8-15-9-10-16(11-13(2)3)12-14(4)5/h13-15H,6-12H2,1-5H3. The van der Waals surface area contributed by atoms with E-state index in [1.165, 1.54) is 39.0 Å². The van der Waals surface area contributed by atoms with Gasteiger partial charge in [-0.15, -0.1) is 0 Å². The first-order valence-corrected chi connectivity index (χ1v) is 6.99. The summed E-state index contributed by atoms with van der Waals surface area (Å²) in [7, 11) is 0. The van der Waals surface area contributed by atoms with Crippen LogP contribution in [-0.2, 0) is 0 Å². The zero-order chi connectivity index (χ0) is 12.4. The molecule has 0 unspecified atom stereocenters. The molecular formula is C14H32N2. The second-order valence-corrected chi connectivity index (χ2v) is 5.65. The minimum absolute atomic E-state index is 0.773. The first-order chi connectivity index (χ1) is 7.56. The van der Waals surface area contributed by atoms with Crippen LogP contribution in [0.1, 0.15) is 47.5 Å². The van der Waals surface area contributed by atoms with Crippen LogP contribution in [0.5, 0.6) is 0 Å². The first kappa shape index (κ1) is 15.9. The van der Waals surface area contributed by atoms with Crippen molar-refractivity contribution in [1.82, 2.24) is 10.2 Å². The van der Waals surface area contributed by atoms with Gasteiger partial charge in [-0.05, 0) is 24.8 Å². The summed E-state index contributed by atoms with van der Waals surface area (Å²) in [6.45, 7) is 17.4. The van der Waals surface area contributed by atoms with E-state index in [9.17, 15) is 0 Å². The van der Waals surface area contributed by atoms with Crippen molar-refractivity contribution in [3.8, 4) is 0 Å². The normalized spacial score (nSPS) is 12.0. The second kappa shape index (κ2) is 10.1. The zero-order valence-corrected chi connectivity index (χ0v) is 12.1. The van der Waals surface area contributed by atoms with Gasteiger partial charge in [-0.25, -0.2) is 0 Å². The van der Waals surface area contributed by atoms with Crippen LogP contribution in [0, 0.1) is 11.8 Å². The molecule has 2 nitrogen and oxygen atoms in total. The summed E-state index contributed by atoms with van der Waals surface area (Å²) in [5, 5.41) is 3.52. The fourth-order valence-electron chi connectivity index (χ4n) is 1.95.